The molecule has 0 amide bonds. The van der Waals surface area contributed by atoms with Crippen LogP contribution in [0.15, 0.2) is 61.2 Å². The number of benzene rings is 2. The van der Waals surface area contributed by atoms with Crippen molar-refractivity contribution in [2.24, 2.45) is 0 Å². The van der Waals surface area contributed by atoms with E-state index in [-0.39, 0.29) is 12.4 Å². The van der Waals surface area contributed by atoms with Crippen molar-refractivity contribution in [3.63, 3.8) is 0 Å². The Bertz CT molecular complexity index is 845. The highest BCUT2D eigenvalue weighted by molar-refractivity contribution is 6.30. The van der Waals surface area contributed by atoms with Gasteiger partial charge in [-0.25, -0.2) is 4.98 Å². The molecular formula is C21H22Cl2N2O. The molecule has 1 heterocycles. The maximum Gasteiger partial charge on any atom is 0.128 e. The summed E-state index contributed by atoms with van der Waals surface area (Å²) in [5.41, 5.74) is 3.13. The van der Waals surface area contributed by atoms with Crippen molar-refractivity contribution >= 4 is 36.2 Å². The Morgan fingerprint density at radius 3 is 2.77 bits per heavy atom. The van der Waals surface area contributed by atoms with Gasteiger partial charge in [-0.1, -0.05) is 49.2 Å². The van der Waals surface area contributed by atoms with Crippen LogP contribution in [-0.4, -0.2) is 16.2 Å². The third-order valence-electron chi connectivity index (χ3n) is 3.86. The topological polar surface area (TPSA) is 27.1 Å². The molecule has 0 atom stereocenters. The number of nitrogens with zero attached hydrogens (tertiary/aromatic N) is 2. The zero-order valence-corrected chi connectivity index (χ0v) is 16.2. The molecule has 3 rings (SSSR count). The summed E-state index contributed by atoms with van der Waals surface area (Å²) in [6, 6.07) is 14.0. The fraction of sp³-hybridized carbons (Fsp3) is 0.190. The zero-order valence-electron chi connectivity index (χ0n) is 14.6. The van der Waals surface area contributed by atoms with Crippen molar-refractivity contribution in [3.8, 4) is 11.4 Å². The molecule has 136 valence electrons. The Kier molecular flexibility index (Phi) is 7.76. The Morgan fingerprint density at radius 1 is 1.15 bits per heavy atom. The van der Waals surface area contributed by atoms with E-state index in [0.717, 1.165) is 40.4 Å². The van der Waals surface area contributed by atoms with Gasteiger partial charge in [-0.2, -0.15) is 0 Å². The summed E-state index contributed by atoms with van der Waals surface area (Å²) in [6.45, 7) is 2.87. The third-order valence-corrected chi connectivity index (χ3v) is 4.09. The first-order chi connectivity index (χ1) is 12.3. The SMILES string of the molecule is CCCCOc1cc(-n2ccnc2)ccc1C=Cc1cccc(Cl)c1.Cl. The maximum atomic E-state index is 6.05. The van der Waals surface area contributed by atoms with Crippen LogP contribution in [0, 0.1) is 0 Å². The largest absolute Gasteiger partial charge is 0.493 e. The predicted molar refractivity (Wildman–Crippen MR) is 112 cm³/mol. The molecule has 2 aromatic carbocycles. The van der Waals surface area contributed by atoms with E-state index >= 15 is 0 Å². The monoisotopic (exact) mass is 388 g/mol. The minimum absolute atomic E-state index is 0. The number of ether oxygens (including phenoxy) is 1. The molecular weight excluding hydrogens is 367 g/mol. The Balaban J connectivity index is 0.00000243. The first-order valence-electron chi connectivity index (χ1n) is 8.45. The van der Waals surface area contributed by atoms with Gasteiger partial charge >= 0.3 is 0 Å². The van der Waals surface area contributed by atoms with Gasteiger partial charge in [-0.15, -0.1) is 12.4 Å². The van der Waals surface area contributed by atoms with Crippen LogP contribution in [0.1, 0.15) is 30.9 Å². The lowest BCUT2D eigenvalue weighted by atomic mass is 10.1. The highest BCUT2D eigenvalue weighted by Crippen LogP contribution is 2.25. The Labute approximate surface area is 165 Å². The van der Waals surface area contributed by atoms with E-state index in [0.29, 0.717) is 6.61 Å². The van der Waals surface area contributed by atoms with E-state index in [1.165, 1.54) is 0 Å². The summed E-state index contributed by atoms with van der Waals surface area (Å²) in [6.07, 6.45) is 11.7. The minimum Gasteiger partial charge on any atom is -0.493 e. The molecule has 0 aliphatic carbocycles. The average Bonchev–Trinajstić information content (AvgIpc) is 3.15. The molecule has 3 nitrogen and oxygen atoms in total. The molecule has 0 unspecified atom stereocenters. The number of halogens is 2. The van der Waals surface area contributed by atoms with Gasteiger partial charge in [0, 0.05) is 29.0 Å². The normalized spacial score (nSPS) is 10.7. The molecule has 0 spiro atoms. The van der Waals surface area contributed by atoms with Crippen LogP contribution in [-0.2, 0) is 0 Å². The molecule has 1 aromatic heterocycles. The molecule has 0 saturated heterocycles. The van der Waals surface area contributed by atoms with Gasteiger partial charge in [0.05, 0.1) is 18.6 Å². The highest BCUT2D eigenvalue weighted by atomic mass is 35.5. The average molecular weight is 389 g/mol. The second kappa shape index (κ2) is 10.0. The molecule has 0 aliphatic rings. The fourth-order valence-electron chi connectivity index (χ4n) is 2.48. The summed E-state index contributed by atoms with van der Waals surface area (Å²) < 4.78 is 7.99. The number of unbranched alkanes of at least 4 members (excludes halogenated alkanes) is 1. The van der Waals surface area contributed by atoms with Gasteiger partial charge in [0.15, 0.2) is 0 Å². The van der Waals surface area contributed by atoms with Crippen LogP contribution >= 0.6 is 24.0 Å². The smallest absolute Gasteiger partial charge is 0.128 e. The van der Waals surface area contributed by atoms with Gasteiger partial charge in [-0.05, 0) is 36.2 Å². The number of hydrogen-bond donors (Lipinski definition) is 0. The number of aromatic nitrogens is 2. The van der Waals surface area contributed by atoms with E-state index in [9.17, 15) is 0 Å². The van der Waals surface area contributed by atoms with Crippen LogP contribution < -0.4 is 4.74 Å². The first kappa shape index (κ1) is 20.1. The quantitative estimate of drug-likeness (QED) is 0.350. The summed E-state index contributed by atoms with van der Waals surface area (Å²) in [5, 5.41) is 0.733. The van der Waals surface area contributed by atoms with Gasteiger partial charge in [0.25, 0.3) is 0 Å². The van der Waals surface area contributed by atoms with Crippen molar-refractivity contribution in [1.82, 2.24) is 9.55 Å². The molecule has 3 aromatic rings. The highest BCUT2D eigenvalue weighted by Gasteiger charge is 2.05. The summed E-state index contributed by atoms with van der Waals surface area (Å²) >= 11 is 6.05. The van der Waals surface area contributed by atoms with E-state index in [1.807, 2.05) is 41.1 Å². The molecule has 0 aliphatic heterocycles. The summed E-state index contributed by atoms with van der Waals surface area (Å²) in [4.78, 5) is 4.11. The molecule has 5 heteroatoms. The van der Waals surface area contributed by atoms with Gasteiger partial charge in [0.1, 0.15) is 5.75 Å². The maximum absolute atomic E-state index is 6.05. The lowest BCUT2D eigenvalue weighted by Gasteiger charge is -2.11. The number of hydrogen-bond acceptors (Lipinski definition) is 2. The second-order valence-corrected chi connectivity index (χ2v) is 6.22. The van der Waals surface area contributed by atoms with Crippen molar-refractivity contribution < 1.29 is 4.74 Å². The van der Waals surface area contributed by atoms with E-state index in [4.69, 9.17) is 16.3 Å². The van der Waals surface area contributed by atoms with Crippen LogP contribution in [0.25, 0.3) is 17.8 Å². The second-order valence-electron chi connectivity index (χ2n) is 5.78. The molecule has 0 radical (unpaired) electrons. The Hall–Kier alpha value is -2.23. The summed E-state index contributed by atoms with van der Waals surface area (Å²) in [7, 11) is 0. The third kappa shape index (κ3) is 5.38. The predicted octanol–water partition coefficient (Wildman–Crippen LogP) is 6.30. The lowest BCUT2D eigenvalue weighted by molar-refractivity contribution is 0.308. The minimum atomic E-state index is 0. The van der Waals surface area contributed by atoms with Crippen molar-refractivity contribution in [2.45, 2.75) is 19.8 Å². The first-order valence-corrected chi connectivity index (χ1v) is 8.83. The lowest BCUT2D eigenvalue weighted by Crippen LogP contribution is -2.00. The Morgan fingerprint density at radius 2 is 2.04 bits per heavy atom. The molecule has 0 fully saturated rings. The van der Waals surface area contributed by atoms with Crippen molar-refractivity contribution in [1.29, 1.82) is 0 Å². The fourth-order valence-corrected chi connectivity index (χ4v) is 2.68. The number of imidazole rings is 1. The zero-order chi connectivity index (χ0) is 17.5. The van der Waals surface area contributed by atoms with Crippen LogP contribution in [0.5, 0.6) is 5.75 Å². The summed E-state index contributed by atoms with van der Waals surface area (Å²) in [5.74, 6) is 0.873. The van der Waals surface area contributed by atoms with Crippen LogP contribution in [0.3, 0.4) is 0 Å². The van der Waals surface area contributed by atoms with Crippen molar-refractivity contribution in [3.05, 3.63) is 77.3 Å². The van der Waals surface area contributed by atoms with Gasteiger partial charge in [0.2, 0.25) is 0 Å². The standard InChI is InChI=1S/C21H21ClN2O.ClH/c1-2-3-13-25-21-15-20(24-12-11-23-16-24)10-9-18(21)8-7-17-5-4-6-19(22)14-17;/h4-12,14-16H,2-3,13H2,1H3;1H. The molecule has 0 bridgehead atoms. The van der Waals surface area contributed by atoms with Crippen LogP contribution in [0.4, 0.5) is 0 Å². The van der Waals surface area contributed by atoms with E-state index in [2.05, 4.69) is 36.2 Å². The van der Waals surface area contributed by atoms with Gasteiger partial charge < -0.3 is 9.30 Å². The van der Waals surface area contributed by atoms with E-state index < -0.39 is 0 Å². The van der Waals surface area contributed by atoms with Gasteiger partial charge in [-0.3, -0.25) is 0 Å². The van der Waals surface area contributed by atoms with E-state index in [1.54, 1.807) is 12.5 Å². The van der Waals surface area contributed by atoms with Crippen LogP contribution in [0.2, 0.25) is 5.02 Å². The molecule has 26 heavy (non-hydrogen) atoms. The molecule has 0 N–H and O–H groups in total. The van der Waals surface area contributed by atoms with Crippen molar-refractivity contribution in [2.75, 3.05) is 6.61 Å². The number of rotatable bonds is 7. The molecule has 0 saturated carbocycles.